The van der Waals surface area contributed by atoms with Crippen LogP contribution in [-0.2, 0) is 19.1 Å². The Morgan fingerprint density at radius 1 is 1.47 bits per heavy atom. The number of unbranched alkanes of at least 4 members (excludes halogenated alkanes) is 1. The Bertz CT molecular complexity index is 314. The maximum Gasteiger partial charge on any atom is 0.328 e. The number of ether oxygens (including phenoxy) is 1. The zero-order chi connectivity index (χ0) is 12.8. The van der Waals surface area contributed by atoms with Crippen LogP contribution < -0.4 is 0 Å². The molecule has 0 aromatic carbocycles. The number of cyclic esters (lactones) is 1. The third kappa shape index (κ3) is 3.84. The smallest absolute Gasteiger partial charge is 0.328 e. The van der Waals surface area contributed by atoms with Gasteiger partial charge in [0.05, 0.1) is 13.0 Å². The summed E-state index contributed by atoms with van der Waals surface area (Å²) in [4.78, 5) is 35.8. The van der Waals surface area contributed by atoms with Crippen LogP contribution in [0.5, 0.6) is 0 Å². The van der Waals surface area contributed by atoms with E-state index in [2.05, 4.69) is 0 Å². The number of hydrogen-bond donors (Lipinski definition) is 0. The van der Waals surface area contributed by atoms with Gasteiger partial charge in [-0.15, -0.1) is 0 Å². The normalized spacial score (nSPS) is 18.9. The number of ketones is 1. The van der Waals surface area contributed by atoms with Crippen molar-refractivity contribution < 1.29 is 19.1 Å². The van der Waals surface area contributed by atoms with Gasteiger partial charge in [-0.05, 0) is 6.42 Å². The van der Waals surface area contributed by atoms with Gasteiger partial charge in [0.2, 0.25) is 5.91 Å². The van der Waals surface area contributed by atoms with E-state index in [1.165, 1.54) is 4.90 Å². The Hall–Kier alpha value is -1.39. The van der Waals surface area contributed by atoms with Crippen LogP contribution in [-0.4, -0.2) is 42.3 Å². The summed E-state index contributed by atoms with van der Waals surface area (Å²) in [7, 11) is 1.55. The van der Waals surface area contributed by atoms with E-state index in [0.29, 0.717) is 19.4 Å². The first kappa shape index (κ1) is 13.7. The number of carbonyl (C=O) groups is 3. The van der Waals surface area contributed by atoms with Gasteiger partial charge in [0.15, 0.2) is 0 Å². The van der Waals surface area contributed by atoms with Crippen LogP contribution in [0.25, 0.3) is 0 Å². The first-order valence-corrected chi connectivity index (χ1v) is 6.00. The lowest BCUT2D eigenvalue weighted by Crippen LogP contribution is -2.40. The van der Waals surface area contributed by atoms with Crippen LogP contribution in [0.1, 0.15) is 39.0 Å². The van der Waals surface area contributed by atoms with Gasteiger partial charge in [-0.2, -0.15) is 0 Å². The maximum absolute atomic E-state index is 11.7. The molecule has 5 heteroatoms. The number of hydrogen-bond acceptors (Lipinski definition) is 4. The third-order valence-corrected chi connectivity index (χ3v) is 2.93. The largest absolute Gasteiger partial charge is 0.464 e. The van der Waals surface area contributed by atoms with E-state index in [-0.39, 0.29) is 24.1 Å². The second-order valence-electron chi connectivity index (χ2n) is 4.30. The molecule has 0 saturated carbocycles. The summed E-state index contributed by atoms with van der Waals surface area (Å²) in [6.07, 6.45) is 2.59. The van der Waals surface area contributed by atoms with Crippen LogP contribution in [0.2, 0.25) is 0 Å². The van der Waals surface area contributed by atoms with Gasteiger partial charge in [-0.25, -0.2) is 4.79 Å². The van der Waals surface area contributed by atoms with Crippen molar-refractivity contribution >= 4 is 17.7 Å². The number of likely N-dealkylation sites (N-methyl/N-ethyl adjacent to an activating group) is 1. The summed E-state index contributed by atoms with van der Waals surface area (Å²) in [5.74, 6) is -0.730. The van der Waals surface area contributed by atoms with Gasteiger partial charge < -0.3 is 9.64 Å². The van der Waals surface area contributed by atoms with E-state index in [4.69, 9.17) is 4.74 Å². The molecule has 1 aliphatic rings. The monoisotopic (exact) mass is 241 g/mol. The highest BCUT2D eigenvalue weighted by Gasteiger charge is 2.33. The Labute approximate surface area is 101 Å². The van der Waals surface area contributed by atoms with Crippen molar-refractivity contribution in [3.8, 4) is 0 Å². The number of amides is 1. The van der Waals surface area contributed by atoms with E-state index in [1.807, 2.05) is 6.92 Å². The fourth-order valence-corrected chi connectivity index (χ4v) is 1.77. The van der Waals surface area contributed by atoms with Crippen molar-refractivity contribution in [2.45, 2.75) is 45.1 Å². The van der Waals surface area contributed by atoms with E-state index in [1.54, 1.807) is 7.05 Å². The summed E-state index contributed by atoms with van der Waals surface area (Å²) in [5.41, 5.74) is 0. The molecule has 0 radical (unpaired) electrons. The van der Waals surface area contributed by atoms with Gasteiger partial charge in [0, 0.05) is 19.9 Å². The zero-order valence-electron chi connectivity index (χ0n) is 10.4. The van der Waals surface area contributed by atoms with Crippen molar-refractivity contribution in [3.63, 3.8) is 0 Å². The summed E-state index contributed by atoms with van der Waals surface area (Å²) >= 11 is 0. The molecule has 1 fully saturated rings. The van der Waals surface area contributed by atoms with Gasteiger partial charge in [-0.3, -0.25) is 9.59 Å². The standard InChI is InChI=1S/C12H19NO4/c1-3-4-5-9(14)8-11(15)13(2)10-6-7-17-12(10)16/h10H,3-8H2,1-2H3. The number of carbonyl (C=O) groups excluding carboxylic acids is 3. The molecule has 17 heavy (non-hydrogen) atoms. The molecule has 0 bridgehead atoms. The molecule has 1 aliphatic heterocycles. The lowest BCUT2D eigenvalue weighted by molar-refractivity contribution is -0.148. The zero-order valence-corrected chi connectivity index (χ0v) is 10.4. The minimum Gasteiger partial charge on any atom is -0.464 e. The molecule has 1 heterocycles. The molecular formula is C12H19NO4. The van der Waals surface area contributed by atoms with Crippen molar-refractivity contribution in [1.29, 1.82) is 0 Å². The van der Waals surface area contributed by atoms with E-state index in [9.17, 15) is 14.4 Å². The summed E-state index contributed by atoms with van der Waals surface area (Å²) < 4.78 is 4.79. The molecule has 1 rings (SSSR count). The van der Waals surface area contributed by atoms with Crippen molar-refractivity contribution in [2.75, 3.05) is 13.7 Å². The van der Waals surface area contributed by atoms with E-state index < -0.39 is 6.04 Å². The number of nitrogens with zero attached hydrogens (tertiary/aromatic N) is 1. The Balaban J connectivity index is 2.41. The summed E-state index contributed by atoms with van der Waals surface area (Å²) in [5, 5.41) is 0. The minimum atomic E-state index is -0.513. The lowest BCUT2D eigenvalue weighted by Gasteiger charge is -2.20. The highest BCUT2D eigenvalue weighted by molar-refractivity contribution is 5.99. The Kier molecular flexibility index (Phi) is 5.12. The van der Waals surface area contributed by atoms with Crippen molar-refractivity contribution in [2.24, 2.45) is 0 Å². The average molecular weight is 241 g/mol. The van der Waals surface area contributed by atoms with E-state index >= 15 is 0 Å². The van der Waals surface area contributed by atoms with Gasteiger partial charge in [-0.1, -0.05) is 13.3 Å². The van der Waals surface area contributed by atoms with Crippen LogP contribution >= 0.6 is 0 Å². The van der Waals surface area contributed by atoms with Gasteiger partial charge in [0.25, 0.3) is 0 Å². The topological polar surface area (TPSA) is 63.7 Å². The Morgan fingerprint density at radius 3 is 2.71 bits per heavy atom. The van der Waals surface area contributed by atoms with Crippen LogP contribution in [0, 0.1) is 0 Å². The lowest BCUT2D eigenvalue weighted by atomic mass is 10.1. The van der Waals surface area contributed by atoms with Crippen molar-refractivity contribution in [1.82, 2.24) is 4.90 Å². The predicted molar refractivity (Wildman–Crippen MR) is 61.3 cm³/mol. The highest BCUT2D eigenvalue weighted by Crippen LogP contribution is 2.13. The van der Waals surface area contributed by atoms with Crippen LogP contribution in [0.15, 0.2) is 0 Å². The quantitative estimate of drug-likeness (QED) is 0.512. The molecule has 0 spiro atoms. The number of esters is 1. The fraction of sp³-hybridized carbons (Fsp3) is 0.750. The molecule has 1 unspecified atom stereocenters. The van der Waals surface area contributed by atoms with Gasteiger partial charge >= 0.3 is 5.97 Å². The summed E-state index contributed by atoms with van der Waals surface area (Å²) in [6, 6.07) is -0.513. The first-order valence-electron chi connectivity index (χ1n) is 6.00. The SMILES string of the molecule is CCCCC(=O)CC(=O)N(C)C1CCOC1=O. The minimum absolute atomic E-state index is 0.0601. The molecule has 96 valence electrons. The second kappa shape index (κ2) is 6.37. The molecule has 1 amide bonds. The second-order valence-corrected chi connectivity index (χ2v) is 4.30. The number of Topliss-reactive ketones (excluding diaryl/α,β-unsaturated/α-hetero) is 1. The molecule has 0 aromatic rings. The fourth-order valence-electron chi connectivity index (χ4n) is 1.77. The van der Waals surface area contributed by atoms with Crippen LogP contribution in [0.4, 0.5) is 0 Å². The highest BCUT2D eigenvalue weighted by atomic mass is 16.5. The van der Waals surface area contributed by atoms with Crippen LogP contribution in [0.3, 0.4) is 0 Å². The molecule has 1 saturated heterocycles. The molecule has 5 nitrogen and oxygen atoms in total. The van der Waals surface area contributed by atoms with Gasteiger partial charge in [0.1, 0.15) is 11.8 Å². The average Bonchev–Trinajstić information content (AvgIpc) is 2.71. The third-order valence-electron chi connectivity index (χ3n) is 2.93. The molecular weight excluding hydrogens is 222 g/mol. The molecule has 0 aliphatic carbocycles. The molecule has 0 N–H and O–H groups in total. The number of rotatable bonds is 6. The Morgan fingerprint density at radius 2 is 2.18 bits per heavy atom. The predicted octanol–water partition coefficient (Wildman–Crippen LogP) is 0.910. The maximum atomic E-state index is 11.7. The van der Waals surface area contributed by atoms with Crippen molar-refractivity contribution in [3.05, 3.63) is 0 Å². The summed E-state index contributed by atoms with van der Waals surface area (Å²) in [6.45, 7) is 2.35. The molecule has 1 atom stereocenters. The molecule has 0 aromatic heterocycles. The first-order chi connectivity index (χ1) is 8.06. The van der Waals surface area contributed by atoms with E-state index in [0.717, 1.165) is 12.8 Å².